The summed E-state index contributed by atoms with van der Waals surface area (Å²) < 4.78 is 0. The van der Waals surface area contributed by atoms with Gasteiger partial charge in [-0.25, -0.2) is 4.98 Å². The Morgan fingerprint density at radius 2 is 1.82 bits per heavy atom. The van der Waals surface area contributed by atoms with Crippen molar-refractivity contribution in [1.82, 2.24) is 15.3 Å². The Morgan fingerprint density at radius 1 is 1.18 bits per heavy atom. The van der Waals surface area contributed by atoms with Gasteiger partial charge in [0.2, 0.25) is 0 Å². The van der Waals surface area contributed by atoms with E-state index in [4.69, 9.17) is 0 Å². The maximum atomic E-state index is 4.09. The van der Waals surface area contributed by atoms with Crippen LogP contribution >= 0.6 is 0 Å². The van der Waals surface area contributed by atoms with Crippen LogP contribution in [-0.2, 0) is 6.54 Å². The van der Waals surface area contributed by atoms with Crippen molar-refractivity contribution in [2.24, 2.45) is 17.8 Å². The predicted molar refractivity (Wildman–Crippen MR) is 66.3 cm³/mol. The Hall–Kier alpha value is -0.830. The van der Waals surface area contributed by atoms with E-state index in [-0.39, 0.29) is 0 Å². The average Bonchev–Trinajstić information content (AvgIpc) is 2.77. The number of imidazole rings is 1. The minimum Gasteiger partial charge on any atom is -0.347 e. The molecular weight excluding hydrogens is 210 g/mol. The van der Waals surface area contributed by atoms with Crippen molar-refractivity contribution in [2.75, 3.05) is 0 Å². The molecular formula is C14H21N3. The number of hydrogen-bond acceptors (Lipinski definition) is 2. The molecule has 0 unspecified atom stereocenters. The number of hydrogen-bond donors (Lipinski definition) is 2. The van der Waals surface area contributed by atoms with Gasteiger partial charge in [0.05, 0.1) is 6.33 Å². The molecule has 3 nitrogen and oxygen atoms in total. The second-order valence-electron chi connectivity index (χ2n) is 6.63. The Morgan fingerprint density at radius 3 is 2.35 bits per heavy atom. The zero-order chi connectivity index (χ0) is 11.3. The van der Waals surface area contributed by atoms with Gasteiger partial charge < -0.3 is 10.3 Å². The van der Waals surface area contributed by atoms with Crippen molar-refractivity contribution in [1.29, 1.82) is 0 Å². The highest BCUT2D eigenvalue weighted by molar-refractivity contribution is 5.07. The standard InChI is InChI=1S/C14H21N3/c1-10-2-12-3-11(1)5-14(4-10,6-12)17-8-13-7-15-9-16-13/h7,9-12,17H,1-6,8H2,(H,15,16). The molecule has 3 heteroatoms. The summed E-state index contributed by atoms with van der Waals surface area (Å²) in [5, 5.41) is 3.86. The van der Waals surface area contributed by atoms with E-state index in [1.54, 1.807) is 6.33 Å². The van der Waals surface area contributed by atoms with Crippen molar-refractivity contribution in [3.05, 3.63) is 18.2 Å². The summed E-state index contributed by atoms with van der Waals surface area (Å²) in [7, 11) is 0. The molecule has 5 rings (SSSR count). The quantitative estimate of drug-likeness (QED) is 0.839. The molecule has 1 heterocycles. The van der Waals surface area contributed by atoms with Gasteiger partial charge in [0.15, 0.2) is 0 Å². The third kappa shape index (κ3) is 1.71. The molecule has 4 saturated carbocycles. The predicted octanol–water partition coefficient (Wildman–Crippen LogP) is 2.47. The van der Waals surface area contributed by atoms with Crippen LogP contribution in [0.4, 0.5) is 0 Å². The van der Waals surface area contributed by atoms with Crippen LogP contribution in [-0.4, -0.2) is 15.5 Å². The highest BCUT2D eigenvalue weighted by Gasteiger charge is 2.50. The van der Waals surface area contributed by atoms with Crippen LogP contribution in [0, 0.1) is 17.8 Å². The normalized spacial score (nSPS) is 43.2. The summed E-state index contributed by atoms with van der Waals surface area (Å²) in [6.45, 7) is 0.964. The van der Waals surface area contributed by atoms with Crippen LogP contribution in [0.3, 0.4) is 0 Å². The topological polar surface area (TPSA) is 40.7 Å². The monoisotopic (exact) mass is 231 g/mol. The first-order valence-corrected chi connectivity index (χ1v) is 7.04. The second-order valence-corrected chi connectivity index (χ2v) is 6.63. The van der Waals surface area contributed by atoms with Crippen LogP contribution in [0.5, 0.6) is 0 Å². The van der Waals surface area contributed by atoms with Crippen molar-refractivity contribution in [2.45, 2.75) is 50.6 Å². The van der Waals surface area contributed by atoms with E-state index in [9.17, 15) is 0 Å². The molecule has 17 heavy (non-hydrogen) atoms. The van der Waals surface area contributed by atoms with Gasteiger partial charge in [-0.3, -0.25) is 0 Å². The summed E-state index contributed by atoms with van der Waals surface area (Å²) in [5.74, 6) is 3.07. The number of nitrogens with zero attached hydrogens (tertiary/aromatic N) is 1. The lowest BCUT2D eigenvalue weighted by atomic mass is 9.53. The summed E-state index contributed by atoms with van der Waals surface area (Å²) in [6.07, 6.45) is 12.5. The first-order chi connectivity index (χ1) is 8.31. The molecule has 0 atom stereocenters. The smallest absolute Gasteiger partial charge is 0.0922 e. The van der Waals surface area contributed by atoms with E-state index in [2.05, 4.69) is 15.3 Å². The molecule has 4 aliphatic rings. The van der Waals surface area contributed by atoms with Crippen LogP contribution in [0.1, 0.15) is 44.2 Å². The third-order valence-electron chi connectivity index (χ3n) is 5.25. The van der Waals surface area contributed by atoms with Gasteiger partial charge in [-0.05, 0) is 56.3 Å². The molecule has 0 aromatic carbocycles. The Labute approximate surface area is 102 Å². The van der Waals surface area contributed by atoms with Crippen LogP contribution in [0.15, 0.2) is 12.5 Å². The fourth-order valence-corrected chi connectivity index (χ4v) is 4.99. The molecule has 0 amide bonds. The molecule has 0 aliphatic heterocycles. The van der Waals surface area contributed by atoms with E-state index in [1.807, 2.05) is 6.20 Å². The molecule has 4 fully saturated rings. The second kappa shape index (κ2) is 3.58. The molecule has 0 spiro atoms. The fourth-order valence-electron chi connectivity index (χ4n) is 4.99. The first kappa shape index (κ1) is 10.1. The zero-order valence-corrected chi connectivity index (χ0v) is 10.3. The van der Waals surface area contributed by atoms with Crippen LogP contribution < -0.4 is 5.32 Å². The summed E-state index contributed by atoms with van der Waals surface area (Å²) in [6, 6.07) is 0. The van der Waals surface area contributed by atoms with Gasteiger partial charge in [-0.1, -0.05) is 0 Å². The average molecular weight is 231 g/mol. The summed E-state index contributed by atoms with van der Waals surface area (Å²) >= 11 is 0. The number of rotatable bonds is 3. The van der Waals surface area contributed by atoms with Crippen LogP contribution in [0.25, 0.3) is 0 Å². The van der Waals surface area contributed by atoms with E-state index < -0.39 is 0 Å². The lowest BCUT2D eigenvalue weighted by molar-refractivity contribution is -0.0207. The van der Waals surface area contributed by atoms with Gasteiger partial charge in [-0.15, -0.1) is 0 Å². The van der Waals surface area contributed by atoms with Crippen molar-refractivity contribution in [3.63, 3.8) is 0 Å². The van der Waals surface area contributed by atoms with E-state index >= 15 is 0 Å². The maximum absolute atomic E-state index is 4.09. The fraction of sp³-hybridized carbons (Fsp3) is 0.786. The maximum Gasteiger partial charge on any atom is 0.0922 e. The SMILES string of the molecule is c1ncc(CNC23CC4CC(CC(C4)C2)C3)[nH]1. The largest absolute Gasteiger partial charge is 0.347 e. The number of aromatic nitrogens is 2. The Kier molecular flexibility index (Phi) is 2.13. The number of aromatic amines is 1. The van der Waals surface area contributed by atoms with Gasteiger partial charge in [0.25, 0.3) is 0 Å². The van der Waals surface area contributed by atoms with Crippen molar-refractivity contribution >= 4 is 0 Å². The highest BCUT2D eigenvalue weighted by atomic mass is 15.0. The molecule has 0 saturated heterocycles. The molecule has 2 N–H and O–H groups in total. The minimum atomic E-state index is 0.472. The van der Waals surface area contributed by atoms with Gasteiger partial charge in [-0.2, -0.15) is 0 Å². The Bertz CT molecular complexity index is 360. The van der Waals surface area contributed by atoms with Crippen molar-refractivity contribution < 1.29 is 0 Å². The zero-order valence-electron chi connectivity index (χ0n) is 10.3. The molecule has 4 bridgehead atoms. The minimum absolute atomic E-state index is 0.472. The van der Waals surface area contributed by atoms with Gasteiger partial charge in [0.1, 0.15) is 0 Å². The Balaban J connectivity index is 1.49. The molecule has 1 aromatic rings. The lowest BCUT2D eigenvalue weighted by Crippen LogP contribution is -2.58. The van der Waals surface area contributed by atoms with Gasteiger partial charge >= 0.3 is 0 Å². The summed E-state index contributed by atoms with van der Waals surface area (Å²) in [5.41, 5.74) is 1.69. The van der Waals surface area contributed by atoms with E-state index in [0.29, 0.717) is 5.54 Å². The van der Waals surface area contributed by atoms with E-state index in [1.165, 1.54) is 44.2 Å². The molecule has 92 valence electrons. The highest BCUT2D eigenvalue weighted by Crippen LogP contribution is 2.55. The molecule has 1 aromatic heterocycles. The van der Waals surface area contributed by atoms with Crippen molar-refractivity contribution in [3.8, 4) is 0 Å². The first-order valence-electron chi connectivity index (χ1n) is 7.04. The van der Waals surface area contributed by atoms with Gasteiger partial charge in [0, 0.05) is 24.0 Å². The third-order valence-corrected chi connectivity index (χ3v) is 5.25. The lowest BCUT2D eigenvalue weighted by Gasteiger charge is -2.57. The molecule has 4 aliphatic carbocycles. The number of nitrogens with one attached hydrogen (secondary N) is 2. The number of H-pyrrole nitrogens is 1. The molecule has 0 radical (unpaired) electrons. The summed E-state index contributed by atoms with van der Waals surface area (Å²) in [4.78, 5) is 7.29. The van der Waals surface area contributed by atoms with Crippen LogP contribution in [0.2, 0.25) is 0 Å². The van der Waals surface area contributed by atoms with E-state index in [0.717, 1.165) is 24.3 Å².